The molecule has 2 aromatic rings. The van der Waals surface area contributed by atoms with Gasteiger partial charge in [-0.2, -0.15) is 5.10 Å². The molecule has 0 bridgehead atoms. The van der Waals surface area contributed by atoms with Crippen molar-refractivity contribution in [3.8, 4) is 5.69 Å². The number of thioether (sulfide) groups is 1. The SMILES string of the molecule is C(=C1\CNCS1)/c1ccn(-c2ccncc2)n1. The van der Waals surface area contributed by atoms with Gasteiger partial charge in [0.25, 0.3) is 0 Å². The Labute approximate surface area is 104 Å². The Bertz CT molecular complexity index is 524. The second-order valence-corrected chi connectivity index (χ2v) is 4.82. The molecule has 1 fully saturated rings. The standard InChI is InChI=1S/C12H12N4S/c1-4-13-5-2-11(1)16-6-3-10(15-16)7-12-8-14-9-17-12/h1-7,14H,8-9H2/b12-7-. The summed E-state index contributed by atoms with van der Waals surface area (Å²) in [5.74, 6) is 0.997. The fraction of sp³-hybridized carbons (Fsp3) is 0.167. The van der Waals surface area contributed by atoms with E-state index in [1.165, 1.54) is 4.91 Å². The summed E-state index contributed by atoms with van der Waals surface area (Å²) in [5, 5.41) is 7.80. The maximum atomic E-state index is 4.52. The molecule has 1 N–H and O–H groups in total. The fourth-order valence-electron chi connectivity index (χ4n) is 1.68. The van der Waals surface area contributed by atoms with Gasteiger partial charge in [0.05, 0.1) is 11.4 Å². The average Bonchev–Trinajstić information content (AvgIpc) is 3.02. The molecular weight excluding hydrogens is 232 g/mol. The number of pyridine rings is 1. The van der Waals surface area contributed by atoms with Crippen LogP contribution in [-0.2, 0) is 0 Å². The van der Waals surface area contributed by atoms with E-state index in [0.717, 1.165) is 23.8 Å². The van der Waals surface area contributed by atoms with Gasteiger partial charge in [-0.05, 0) is 24.3 Å². The molecule has 0 radical (unpaired) electrons. The van der Waals surface area contributed by atoms with Crippen molar-refractivity contribution in [2.24, 2.45) is 0 Å². The molecule has 3 heterocycles. The highest BCUT2D eigenvalue weighted by atomic mass is 32.2. The van der Waals surface area contributed by atoms with E-state index in [2.05, 4.69) is 21.5 Å². The summed E-state index contributed by atoms with van der Waals surface area (Å²) in [7, 11) is 0. The smallest absolute Gasteiger partial charge is 0.0863 e. The molecule has 0 spiro atoms. The third kappa shape index (κ3) is 2.40. The summed E-state index contributed by atoms with van der Waals surface area (Å²) in [5.41, 5.74) is 2.02. The lowest BCUT2D eigenvalue weighted by atomic mass is 10.4. The summed E-state index contributed by atoms with van der Waals surface area (Å²) in [6.45, 7) is 0.951. The molecule has 3 rings (SSSR count). The number of aromatic nitrogens is 3. The summed E-state index contributed by atoms with van der Waals surface area (Å²) in [6, 6.07) is 5.90. The molecule has 1 aliphatic rings. The van der Waals surface area contributed by atoms with Gasteiger partial charge in [0.2, 0.25) is 0 Å². The number of hydrogen-bond donors (Lipinski definition) is 1. The van der Waals surface area contributed by atoms with Gasteiger partial charge in [-0.1, -0.05) is 0 Å². The Morgan fingerprint density at radius 3 is 2.94 bits per heavy atom. The molecule has 4 nitrogen and oxygen atoms in total. The monoisotopic (exact) mass is 244 g/mol. The number of nitrogens with zero attached hydrogens (tertiary/aromatic N) is 3. The predicted molar refractivity (Wildman–Crippen MR) is 69.8 cm³/mol. The van der Waals surface area contributed by atoms with Crippen LogP contribution in [-0.4, -0.2) is 27.2 Å². The zero-order valence-corrected chi connectivity index (χ0v) is 10.0. The Hall–Kier alpha value is -1.59. The molecule has 0 amide bonds. The van der Waals surface area contributed by atoms with Crippen molar-refractivity contribution in [3.05, 3.63) is 47.4 Å². The Morgan fingerprint density at radius 1 is 1.29 bits per heavy atom. The highest BCUT2D eigenvalue weighted by Gasteiger charge is 2.07. The number of nitrogens with one attached hydrogen (secondary N) is 1. The zero-order chi connectivity index (χ0) is 11.5. The van der Waals surface area contributed by atoms with Crippen molar-refractivity contribution in [2.75, 3.05) is 12.4 Å². The van der Waals surface area contributed by atoms with Crippen LogP contribution in [0.3, 0.4) is 0 Å². The maximum Gasteiger partial charge on any atom is 0.0863 e. The molecule has 0 atom stereocenters. The van der Waals surface area contributed by atoms with Gasteiger partial charge in [0, 0.05) is 35.9 Å². The fourth-order valence-corrected chi connectivity index (χ4v) is 2.48. The van der Waals surface area contributed by atoms with Crippen LogP contribution < -0.4 is 5.32 Å². The minimum atomic E-state index is 0.951. The normalized spacial score (nSPS) is 17.8. The van der Waals surface area contributed by atoms with Gasteiger partial charge in [-0.3, -0.25) is 4.98 Å². The van der Waals surface area contributed by atoms with Gasteiger partial charge < -0.3 is 5.32 Å². The molecule has 0 unspecified atom stereocenters. The summed E-state index contributed by atoms with van der Waals surface area (Å²) in [4.78, 5) is 5.33. The number of hydrogen-bond acceptors (Lipinski definition) is 4. The van der Waals surface area contributed by atoms with E-state index in [9.17, 15) is 0 Å². The van der Waals surface area contributed by atoms with Crippen LogP contribution in [0.15, 0.2) is 41.7 Å². The molecule has 86 valence electrons. The topological polar surface area (TPSA) is 42.7 Å². The summed E-state index contributed by atoms with van der Waals surface area (Å²) in [6.07, 6.45) is 7.63. The van der Waals surface area contributed by atoms with Crippen LogP contribution >= 0.6 is 11.8 Å². The molecule has 17 heavy (non-hydrogen) atoms. The van der Waals surface area contributed by atoms with Gasteiger partial charge >= 0.3 is 0 Å². The molecule has 0 aromatic carbocycles. The first-order valence-electron chi connectivity index (χ1n) is 5.42. The second-order valence-electron chi connectivity index (χ2n) is 3.72. The van der Waals surface area contributed by atoms with Gasteiger partial charge in [-0.15, -0.1) is 11.8 Å². The molecule has 1 saturated heterocycles. The van der Waals surface area contributed by atoms with Gasteiger partial charge in [0.15, 0.2) is 0 Å². The Morgan fingerprint density at radius 2 is 2.18 bits per heavy atom. The molecule has 0 saturated carbocycles. The molecule has 1 aliphatic heterocycles. The van der Waals surface area contributed by atoms with Crippen molar-refractivity contribution >= 4 is 17.8 Å². The van der Waals surface area contributed by atoms with Crippen LogP contribution in [0.1, 0.15) is 5.69 Å². The minimum Gasteiger partial charge on any atom is -0.303 e. The molecule has 0 aliphatic carbocycles. The van der Waals surface area contributed by atoms with E-state index in [4.69, 9.17) is 0 Å². The van der Waals surface area contributed by atoms with Crippen molar-refractivity contribution in [2.45, 2.75) is 0 Å². The van der Waals surface area contributed by atoms with Crippen molar-refractivity contribution in [3.63, 3.8) is 0 Å². The van der Waals surface area contributed by atoms with Crippen LogP contribution in [0.2, 0.25) is 0 Å². The quantitative estimate of drug-likeness (QED) is 0.876. The van der Waals surface area contributed by atoms with E-state index < -0.39 is 0 Å². The summed E-state index contributed by atoms with van der Waals surface area (Å²) >= 11 is 1.83. The second kappa shape index (κ2) is 4.73. The zero-order valence-electron chi connectivity index (χ0n) is 9.21. The lowest BCUT2D eigenvalue weighted by Gasteiger charge is -1.98. The third-order valence-electron chi connectivity index (χ3n) is 2.50. The largest absolute Gasteiger partial charge is 0.303 e. The van der Waals surface area contributed by atoms with E-state index in [1.54, 1.807) is 12.4 Å². The van der Waals surface area contributed by atoms with Crippen LogP contribution in [0.5, 0.6) is 0 Å². The van der Waals surface area contributed by atoms with E-state index in [-0.39, 0.29) is 0 Å². The predicted octanol–water partition coefficient (Wildman–Crippen LogP) is 1.90. The van der Waals surface area contributed by atoms with Crippen molar-refractivity contribution in [1.82, 2.24) is 20.1 Å². The Balaban J connectivity index is 1.86. The van der Waals surface area contributed by atoms with Crippen LogP contribution in [0, 0.1) is 0 Å². The Kier molecular flexibility index (Phi) is 2.94. The first-order valence-corrected chi connectivity index (χ1v) is 6.40. The van der Waals surface area contributed by atoms with Gasteiger partial charge in [-0.25, -0.2) is 4.68 Å². The minimum absolute atomic E-state index is 0.951. The lowest BCUT2D eigenvalue weighted by molar-refractivity contribution is 0.872. The average molecular weight is 244 g/mol. The molecular formula is C12H12N4S. The molecule has 2 aromatic heterocycles. The highest BCUT2D eigenvalue weighted by molar-refractivity contribution is 8.03. The van der Waals surface area contributed by atoms with Crippen molar-refractivity contribution in [1.29, 1.82) is 0 Å². The summed E-state index contributed by atoms with van der Waals surface area (Å²) < 4.78 is 1.86. The van der Waals surface area contributed by atoms with Gasteiger partial charge in [0.1, 0.15) is 0 Å². The van der Waals surface area contributed by atoms with Crippen LogP contribution in [0.4, 0.5) is 0 Å². The van der Waals surface area contributed by atoms with E-state index in [1.807, 2.05) is 40.8 Å². The third-order valence-corrected chi connectivity index (χ3v) is 3.49. The van der Waals surface area contributed by atoms with E-state index in [0.29, 0.717) is 0 Å². The lowest BCUT2D eigenvalue weighted by Crippen LogP contribution is -2.04. The first-order chi connectivity index (χ1) is 8.42. The maximum absolute atomic E-state index is 4.52. The highest BCUT2D eigenvalue weighted by Crippen LogP contribution is 2.21. The van der Waals surface area contributed by atoms with Crippen molar-refractivity contribution < 1.29 is 0 Å². The van der Waals surface area contributed by atoms with Crippen LogP contribution in [0.25, 0.3) is 11.8 Å². The molecule has 5 heteroatoms. The first kappa shape index (κ1) is 10.6. The van der Waals surface area contributed by atoms with E-state index >= 15 is 0 Å². The number of rotatable bonds is 2.